The topological polar surface area (TPSA) is 55.8 Å². The third kappa shape index (κ3) is 4.08. The Labute approximate surface area is 116 Å². The molecular weight excluding hydrogens is 265 g/mol. The summed E-state index contributed by atoms with van der Waals surface area (Å²) in [5.74, 6) is -1.55. The number of carbonyl (C=O) groups is 2. The van der Waals surface area contributed by atoms with Gasteiger partial charge in [0, 0.05) is 31.0 Å². The summed E-state index contributed by atoms with van der Waals surface area (Å²) < 4.78 is 23.0. The van der Waals surface area contributed by atoms with E-state index in [0.29, 0.717) is 5.69 Å². The quantitative estimate of drug-likeness (QED) is 0.611. The van der Waals surface area contributed by atoms with Gasteiger partial charge in [0.15, 0.2) is 11.6 Å². The van der Waals surface area contributed by atoms with Gasteiger partial charge in [0.25, 0.3) is 5.91 Å². The summed E-state index contributed by atoms with van der Waals surface area (Å²) in [6, 6.07) is 4.14. The maximum absolute atomic E-state index is 13.5. The second-order valence-corrected chi connectivity index (χ2v) is 3.80. The van der Waals surface area contributed by atoms with Crippen LogP contribution in [0, 0.1) is 5.82 Å². The Morgan fingerprint density at radius 3 is 2.60 bits per heavy atom. The summed E-state index contributed by atoms with van der Waals surface area (Å²) in [5, 5.41) is 0. The monoisotopic (exact) mass is 281 g/mol. The van der Waals surface area contributed by atoms with Gasteiger partial charge in [-0.1, -0.05) is 0 Å². The van der Waals surface area contributed by atoms with Gasteiger partial charge >= 0.3 is 5.97 Å². The van der Waals surface area contributed by atoms with Crippen molar-refractivity contribution in [3.63, 3.8) is 0 Å². The van der Waals surface area contributed by atoms with Crippen LogP contribution >= 0.6 is 0 Å². The Morgan fingerprint density at radius 1 is 1.35 bits per heavy atom. The van der Waals surface area contributed by atoms with E-state index >= 15 is 0 Å². The van der Waals surface area contributed by atoms with E-state index in [0.717, 1.165) is 12.2 Å². The van der Waals surface area contributed by atoms with Crippen molar-refractivity contribution in [3.05, 3.63) is 36.2 Å². The molecule has 1 aromatic carbocycles. The molecule has 1 aromatic rings. The van der Waals surface area contributed by atoms with Gasteiger partial charge < -0.3 is 14.4 Å². The number of hydrogen-bond donors (Lipinski definition) is 0. The van der Waals surface area contributed by atoms with Crippen molar-refractivity contribution < 1.29 is 23.5 Å². The SMILES string of the molecule is CCOC(=O)/C=C/C(=O)N(C)c1ccc(OC)c(F)c1. The van der Waals surface area contributed by atoms with Crippen LogP contribution in [-0.4, -0.2) is 32.6 Å². The lowest BCUT2D eigenvalue weighted by Crippen LogP contribution is -2.24. The number of esters is 1. The molecule has 0 atom stereocenters. The fraction of sp³-hybridized carbons (Fsp3) is 0.286. The molecule has 20 heavy (non-hydrogen) atoms. The predicted molar refractivity (Wildman–Crippen MR) is 72.1 cm³/mol. The molecular formula is C14H16FNO4. The molecule has 108 valence electrons. The largest absolute Gasteiger partial charge is 0.494 e. The summed E-state index contributed by atoms with van der Waals surface area (Å²) in [7, 11) is 2.83. The van der Waals surface area contributed by atoms with E-state index in [4.69, 9.17) is 4.74 Å². The molecule has 0 saturated heterocycles. The molecule has 0 spiro atoms. The number of likely N-dealkylation sites (N-methyl/N-ethyl adjacent to an activating group) is 1. The highest BCUT2D eigenvalue weighted by Gasteiger charge is 2.11. The van der Waals surface area contributed by atoms with E-state index in [9.17, 15) is 14.0 Å². The number of ether oxygens (including phenoxy) is 2. The molecule has 1 rings (SSSR count). The van der Waals surface area contributed by atoms with Crippen LogP contribution in [0.2, 0.25) is 0 Å². The van der Waals surface area contributed by atoms with Gasteiger partial charge in [-0.3, -0.25) is 4.79 Å². The van der Waals surface area contributed by atoms with Gasteiger partial charge in [-0.05, 0) is 19.1 Å². The molecule has 0 aromatic heterocycles. The van der Waals surface area contributed by atoms with E-state index in [2.05, 4.69) is 4.74 Å². The molecule has 0 unspecified atom stereocenters. The molecule has 1 amide bonds. The molecule has 0 aliphatic rings. The molecule has 5 nitrogen and oxygen atoms in total. The third-order valence-corrected chi connectivity index (χ3v) is 2.50. The van der Waals surface area contributed by atoms with Gasteiger partial charge in [-0.2, -0.15) is 0 Å². The fourth-order valence-electron chi connectivity index (χ4n) is 1.43. The number of amides is 1. The number of nitrogens with zero attached hydrogens (tertiary/aromatic N) is 1. The standard InChI is InChI=1S/C14H16FNO4/c1-4-20-14(18)8-7-13(17)16(2)10-5-6-12(19-3)11(15)9-10/h5-9H,4H2,1-3H3/b8-7+. The zero-order chi connectivity index (χ0) is 15.1. The van der Waals surface area contributed by atoms with Crippen LogP contribution in [0.25, 0.3) is 0 Å². The average molecular weight is 281 g/mol. The number of rotatable bonds is 5. The Balaban J connectivity index is 2.79. The highest BCUT2D eigenvalue weighted by atomic mass is 19.1. The average Bonchev–Trinajstić information content (AvgIpc) is 2.44. The fourth-order valence-corrected chi connectivity index (χ4v) is 1.43. The molecule has 0 radical (unpaired) electrons. The minimum absolute atomic E-state index is 0.0941. The molecule has 0 heterocycles. The number of anilines is 1. The highest BCUT2D eigenvalue weighted by Crippen LogP contribution is 2.22. The number of carbonyl (C=O) groups excluding carboxylic acids is 2. The molecule has 0 N–H and O–H groups in total. The van der Waals surface area contributed by atoms with E-state index in [1.54, 1.807) is 6.92 Å². The maximum Gasteiger partial charge on any atom is 0.330 e. The van der Waals surface area contributed by atoms with Crippen molar-refractivity contribution in [1.82, 2.24) is 0 Å². The second kappa shape index (κ2) is 7.28. The van der Waals surface area contributed by atoms with Crippen molar-refractivity contribution in [2.24, 2.45) is 0 Å². The van der Waals surface area contributed by atoms with Gasteiger partial charge in [-0.25, -0.2) is 9.18 Å². The zero-order valence-corrected chi connectivity index (χ0v) is 11.6. The molecule has 0 aliphatic carbocycles. The van der Waals surface area contributed by atoms with Crippen molar-refractivity contribution in [2.75, 3.05) is 25.7 Å². The van der Waals surface area contributed by atoms with Crippen molar-refractivity contribution in [1.29, 1.82) is 0 Å². The van der Waals surface area contributed by atoms with E-state index in [1.807, 2.05) is 0 Å². The molecule has 0 aliphatic heterocycles. The van der Waals surface area contributed by atoms with Crippen LogP contribution in [0.3, 0.4) is 0 Å². The lowest BCUT2D eigenvalue weighted by molar-refractivity contribution is -0.137. The maximum atomic E-state index is 13.5. The second-order valence-electron chi connectivity index (χ2n) is 3.80. The first-order valence-corrected chi connectivity index (χ1v) is 5.95. The highest BCUT2D eigenvalue weighted by molar-refractivity contribution is 6.03. The predicted octanol–water partition coefficient (Wildman–Crippen LogP) is 1.92. The Bertz CT molecular complexity index is 528. The molecule has 0 fully saturated rings. The van der Waals surface area contributed by atoms with E-state index < -0.39 is 17.7 Å². The van der Waals surface area contributed by atoms with Crippen LogP contribution in [-0.2, 0) is 14.3 Å². The van der Waals surface area contributed by atoms with Crippen molar-refractivity contribution in [3.8, 4) is 5.75 Å². The van der Waals surface area contributed by atoms with E-state index in [1.165, 1.54) is 37.3 Å². The molecule has 0 saturated carbocycles. The number of methoxy groups -OCH3 is 1. The van der Waals surface area contributed by atoms with Crippen molar-refractivity contribution >= 4 is 17.6 Å². The number of halogens is 1. The number of benzene rings is 1. The van der Waals surface area contributed by atoms with Gasteiger partial charge in [-0.15, -0.1) is 0 Å². The third-order valence-electron chi connectivity index (χ3n) is 2.50. The zero-order valence-electron chi connectivity index (χ0n) is 11.6. The first kappa shape index (κ1) is 15.7. The van der Waals surface area contributed by atoms with Crippen LogP contribution in [0.15, 0.2) is 30.4 Å². The Hall–Kier alpha value is -2.37. The minimum Gasteiger partial charge on any atom is -0.494 e. The van der Waals surface area contributed by atoms with Crippen LogP contribution in [0.5, 0.6) is 5.75 Å². The lowest BCUT2D eigenvalue weighted by atomic mass is 10.2. The first-order valence-electron chi connectivity index (χ1n) is 5.95. The van der Waals surface area contributed by atoms with Crippen LogP contribution in [0.1, 0.15) is 6.92 Å². The van der Waals surface area contributed by atoms with Crippen molar-refractivity contribution in [2.45, 2.75) is 6.92 Å². The Kier molecular flexibility index (Phi) is 5.71. The smallest absolute Gasteiger partial charge is 0.330 e. The summed E-state index contributed by atoms with van der Waals surface area (Å²) in [5.41, 5.74) is 0.349. The van der Waals surface area contributed by atoms with Crippen LogP contribution in [0.4, 0.5) is 10.1 Å². The van der Waals surface area contributed by atoms with E-state index in [-0.39, 0.29) is 12.4 Å². The van der Waals surface area contributed by atoms with Gasteiger partial charge in [0.2, 0.25) is 0 Å². The minimum atomic E-state index is -0.602. The van der Waals surface area contributed by atoms with Crippen LogP contribution < -0.4 is 9.64 Å². The van der Waals surface area contributed by atoms with Gasteiger partial charge in [0.05, 0.1) is 13.7 Å². The number of hydrogen-bond acceptors (Lipinski definition) is 4. The summed E-state index contributed by atoms with van der Waals surface area (Å²) in [6.45, 7) is 1.90. The molecule has 0 bridgehead atoms. The summed E-state index contributed by atoms with van der Waals surface area (Å²) >= 11 is 0. The molecule has 6 heteroatoms. The summed E-state index contributed by atoms with van der Waals surface area (Å²) in [4.78, 5) is 24.1. The lowest BCUT2D eigenvalue weighted by Gasteiger charge is -2.16. The normalized spacial score (nSPS) is 10.4. The van der Waals surface area contributed by atoms with Gasteiger partial charge in [0.1, 0.15) is 0 Å². The first-order chi connectivity index (χ1) is 9.49. The Morgan fingerprint density at radius 2 is 2.05 bits per heavy atom. The summed E-state index contributed by atoms with van der Waals surface area (Å²) in [6.07, 6.45) is 2.10.